The number of alkyl halides is 3. The van der Waals surface area contributed by atoms with Crippen LogP contribution in [0.15, 0.2) is 41.6 Å². The molecule has 2 aromatic carbocycles. The lowest BCUT2D eigenvalue weighted by Gasteiger charge is -2.30. The number of amidine groups is 1. The van der Waals surface area contributed by atoms with Crippen molar-refractivity contribution in [2.75, 3.05) is 0 Å². The molecule has 7 nitrogen and oxygen atoms in total. The molecule has 2 amide bonds. The molecule has 0 saturated heterocycles. The van der Waals surface area contributed by atoms with Crippen LogP contribution in [-0.4, -0.2) is 28.7 Å². The van der Waals surface area contributed by atoms with Crippen molar-refractivity contribution >= 4 is 52.2 Å². The van der Waals surface area contributed by atoms with Gasteiger partial charge in [-0.25, -0.2) is 13.2 Å². The molecule has 1 aromatic heterocycles. The van der Waals surface area contributed by atoms with E-state index < -0.39 is 63.1 Å². The second-order valence-electron chi connectivity index (χ2n) is 8.84. The molecule has 0 radical (unpaired) electrons. The third-order valence-electron chi connectivity index (χ3n) is 6.22. The summed E-state index contributed by atoms with van der Waals surface area (Å²) in [5.41, 5.74) is 1.05. The highest BCUT2D eigenvalue weighted by molar-refractivity contribution is 7.14. The number of amides is 2. The number of hydrogen-bond acceptors (Lipinski definition) is 6. The van der Waals surface area contributed by atoms with Crippen molar-refractivity contribution in [2.45, 2.75) is 31.3 Å². The molecular weight excluding hydrogens is 609 g/mol. The van der Waals surface area contributed by atoms with Gasteiger partial charge in [-0.1, -0.05) is 28.4 Å². The average molecular weight is 623 g/mol. The fourth-order valence-electron chi connectivity index (χ4n) is 4.24. The van der Waals surface area contributed by atoms with Gasteiger partial charge in [-0.05, 0) is 35.9 Å². The van der Waals surface area contributed by atoms with Crippen LogP contribution in [0.4, 0.5) is 26.3 Å². The van der Waals surface area contributed by atoms with Crippen molar-refractivity contribution in [3.63, 3.8) is 0 Å². The van der Waals surface area contributed by atoms with Crippen molar-refractivity contribution in [1.29, 1.82) is 0 Å². The van der Waals surface area contributed by atoms with Gasteiger partial charge in [-0.3, -0.25) is 20.4 Å². The van der Waals surface area contributed by atoms with Crippen LogP contribution in [0.3, 0.4) is 0 Å². The molecule has 2 aliphatic rings. The standard InChI is InChI=1S/C24H14Cl2F6N4O3S/c25-15-4-12(5-16(26)20(15)29)23(24(30,31)32)7-19(35-39-23)36-8-11-3-17(40-18(11)9-36)22(38)34-33-21(37)10-1-13(27)6-14(28)2-10/h1-6H,7-9H2,(H,33,37)(H,34,38). The Bertz CT molecular complexity index is 1510. The number of hydrazine groups is 1. The number of fused-ring (bicyclic) bond motifs is 1. The predicted molar refractivity (Wildman–Crippen MR) is 132 cm³/mol. The first-order valence-electron chi connectivity index (χ1n) is 11.2. The monoisotopic (exact) mass is 622 g/mol. The SMILES string of the molecule is O=C(NNC(=O)c1cc2c(s1)CN(C1=NOC(c3cc(Cl)c(F)c(Cl)c3)(C(F)(F)F)C1)C2)c1cc(F)cc(F)c1. The fourth-order valence-corrected chi connectivity index (χ4v) is 5.81. The van der Waals surface area contributed by atoms with Crippen LogP contribution in [0.1, 0.15) is 42.5 Å². The Morgan fingerprint density at radius 2 is 1.57 bits per heavy atom. The molecule has 0 saturated carbocycles. The molecule has 1 unspecified atom stereocenters. The number of hydrogen-bond donors (Lipinski definition) is 2. The van der Waals surface area contributed by atoms with Crippen LogP contribution in [0.5, 0.6) is 0 Å². The van der Waals surface area contributed by atoms with E-state index in [4.69, 9.17) is 28.0 Å². The van der Waals surface area contributed by atoms with Crippen molar-refractivity contribution < 1.29 is 40.8 Å². The number of carbonyl (C=O) groups excluding carboxylic acids is 2. The molecule has 3 heterocycles. The summed E-state index contributed by atoms with van der Waals surface area (Å²) < 4.78 is 83.2. The normalized spacial score (nSPS) is 18.3. The van der Waals surface area contributed by atoms with Gasteiger partial charge in [0.05, 0.1) is 27.9 Å². The minimum atomic E-state index is -4.96. The van der Waals surface area contributed by atoms with Crippen molar-refractivity contribution in [3.05, 3.63) is 90.3 Å². The van der Waals surface area contributed by atoms with E-state index in [-0.39, 0.29) is 29.4 Å². The lowest BCUT2D eigenvalue weighted by Crippen LogP contribution is -2.44. The van der Waals surface area contributed by atoms with Crippen LogP contribution >= 0.6 is 34.5 Å². The summed E-state index contributed by atoms with van der Waals surface area (Å²) in [4.78, 5) is 31.9. The Morgan fingerprint density at radius 1 is 0.950 bits per heavy atom. The summed E-state index contributed by atoms with van der Waals surface area (Å²) in [7, 11) is 0. The Labute approximate surface area is 235 Å². The smallest absolute Gasteiger partial charge is 0.372 e. The van der Waals surface area contributed by atoms with E-state index in [0.717, 1.165) is 35.6 Å². The number of nitrogens with one attached hydrogen (secondary N) is 2. The number of halogens is 8. The summed E-state index contributed by atoms with van der Waals surface area (Å²) in [6.45, 7) is 0.221. The lowest BCUT2D eigenvalue weighted by molar-refractivity contribution is -0.275. The molecule has 1 atom stereocenters. The van der Waals surface area contributed by atoms with E-state index in [0.29, 0.717) is 16.5 Å². The number of carbonyl (C=O) groups is 2. The Hall–Kier alpha value is -3.49. The summed E-state index contributed by atoms with van der Waals surface area (Å²) in [6.07, 6.45) is -5.69. The third-order valence-corrected chi connectivity index (χ3v) is 7.93. The Balaban J connectivity index is 1.25. The summed E-state index contributed by atoms with van der Waals surface area (Å²) in [5, 5.41) is 2.47. The Morgan fingerprint density at radius 3 is 2.17 bits per heavy atom. The van der Waals surface area contributed by atoms with E-state index in [2.05, 4.69) is 16.0 Å². The first-order chi connectivity index (χ1) is 18.8. The van der Waals surface area contributed by atoms with Gasteiger partial charge in [0, 0.05) is 28.6 Å². The van der Waals surface area contributed by atoms with Crippen LogP contribution in [0.25, 0.3) is 0 Å². The first-order valence-corrected chi connectivity index (χ1v) is 12.7. The molecule has 2 N–H and O–H groups in total. The Kier molecular flexibility index (Phi) is 7.13. The number of rotatable bonds is 3. The molecule has 40 heavy (non-hydrogen) atoms. The second kappa shape index (κ2) is 10.2. The first kappa shape index (κ1) is 28.1. The summed E-state index contributed by atoms with van der Waals surface area (Å²) in [5.74, 6) is -4.68. The summed E-state index contributed by atoms with van der Waals surface area (Å²) in [6, 6.07) is 5.26. The molecule has 210 valence electrons. The van der Waals surface area contributed by atoms with Gasteiger partial charge in [0.1, 0.15) is 17.5 Å². The van der Waals surface area contributed by atoms with E-state index >= 15 is 0 Å². The van der Waals surface area contributed by atoms with Gasteiger partial charge in [0.25, 0.3) is 17.4 Å². The molecule has 3 aromatic rings. The highest BCUT2D eigenvalue weighted by Gasteiger charge is 2.63. The van der Waals surface area contributed by atoms with Gasteiger partial charge in [-0.15, -0.1) is 11.3 Å². The highest BCUT2D eigenvalue weighted by atomic mass is 35.5. The maximum Gasteiger partial charge on any atom is 0.435 e. The van der Waals surface area contributed by atoms with Gasteiger partial charge >= 0.3 is 6.18 Å². The number of thiophene rings is 1. The number of nitrogens with zero attached hydrogens (tertiary/aromatic N) is 2. The maximum atomic E-state index is 14.2. The quantitative estimate of drug-likeness (QED) is 0.212. The van der Waals surface area contributed by atoms with E-state index in [9.17, 15) is 35.9 Å². The topological polar surface area (TPSA) is 83.0 Å². The second-order valence-corrected chi connectivity index (χ2v) is 10.8. The van der Waals surface area contributed by atoms with Crippen LogP contribution in [0.2, 0.25) is 10.0 Å². The van der Waals surface area contributed by atoms with Gasteiger partial charge in [0.15, 0.2) is 5.82 Å². The summed E-state index contributed by atoms with van der Waals surface area (Å²) >= 11 is 12.5. The molecule has 16 heteroatoms. The van der Waals surface area contributed by atoms with E-state index in [1.165, 1.54) is 11.0 Å². The van der Waals surface area contributed by atoms with Gasteiger partial charge in [-0.2, -0.15) is 13.2 Å². The van der Waals surface area contributed by atoms with Gasteiger partial charge < -0.3 is 9.74 Å². The average Bonchev–Trinajstić information content (AvgIpc) is 3.58. The molecule has 2 aliphatic heterocycles. The fraction of sp³-hybridized carbons (Fsp3) is 0.208. The van der Waals surface area contributed by atoms with Crippen LogP contribution in [-0.2, 0) is 23.5 Å². The highest BCUT2D eigenvalue weighted by Crippen LogP contribution is 2.50. The largest absolute Gasteiger partial charge is 0.435 e. The molecule has 0 aliphatic carbocycles. The molecule has 5 rings (SSSR count). The number of benzene rings is 2. The van der Waals surface area contributed by atoms with Crippen molar-refractivity contribution in [1.82, 2.24) is 15.8 Å². The maximum absolute atomic E-state index is 14.2. The van der Waals surface area contributed by atoms with E-state index in [1.807, 2.05) is 0 Å². The minimum Gasteiger partial charge on any atom is -0.372 e. The minimum absolute atomic E-state index is 0.0297. The van der Waals surface area contributed by atoms with E-state index in [1.54, 1.807) is 0 Å². The molecule has 0 spiro atoms. The van der Waals surface area contributed by atoms with Gasteiger partial charge in [0.2, 0.25) is 0 Å². The number of oxime groups is 1. The molecule has 0 bridgehead atoms. The van der Waals surface area contributed by atoms with Crippen LogP contribution < -0.4 is 10.9 Å². The molecule has 0 fully saturated rings. The lowest BCUT2D eigenvalue weighted by atomic mass is 9.89. The zero-order valence-corrected chi connectivity index (χ0v) is 22.0. The predicted octanol–water partition coefficient (Wildman–Crippen LogP) is 6.05. The van der Waals surface area contributed by atoms with Crippen molar-refractivity contribution in [2.24, 2.45) is 5.16 Å². The molecular formula is C24H14Cl2F6N4O3S. The zero-order valence-electron chi connectivity index (χ0n) is 19.6. The van der Waals surface area contributed by atoms with Crippen molar-refractivity contribution in [3.8, 4) is 0 Å². The zero-order chi connectivity index (χ0) is 29.0. The van der Waals surface area contributed by atoms with Crippen LogP contribution in [0, 0.1) is 17.5 Å². The third kappa shape index (κ3) is 5.06.